The predicted octanol–water partition coefficient (Wildman–Crippen LogP) is 8.36. The number of halogens is 1. The van der Waals surface area contributed by atoms with Gasteiger partial charge in [-0.1, -0.05) is 64.1 Å². The Kier molecular flexibility index (Phi) is 13.8. The number of nitrogens with zero attached hydrogens (tertiary/aromatic N) is 5. The summed E-state index contributed by atoms with van der Waals surface area (Å²) in [5.74, 6) is -1.25. The third kappa shape index (κ3) is 8.48. The molecule has 3 saturated heterocycles. The first-order valence-electron chi connectivity index (χ1n) is 22.7. The molecule has 4 heterocycles. The Labute approximate surface area is 380 Å². The zero-order valence-electron chi connectivity index (χ0n) is 38.4. The lowest BCUT2D eigenvalue weighted by atomic mass is 10.0. The van der Waals surface area contributed by atoms with Crippen LogP contribution in [0.3, 0.4) is 0 Å². The molecule has 5 N–H and O–H groups in total. The minimum Gasteiger partial charge on any atom is -0.452 e. The van der Waals surface area contributed by atoms with Crippen LogP contribution in [0.2, 0.25) is 0 Å². The van der Waals surface area contributed by atoms with E-state index < -0.39 is 40.7 Å². The van der Waals surface area contributed by atoms with Crippen LogP contribution >= 0.6 is 0 Å². The molecule has 65 heavy (non-hydrogen) atoms. The van der Waals surface area contributed by atoms with Crippen LogP contribution in [-0.2, 0) is 19.1 Å². The quantitative estimate of drug-likeness (QED) is 0.130. The molecule has 7 rings (SSSR count). The number of hydrogen-bond acceptors (Lipinski definition) is 11. The van der Waals surface area contributed by atoms with Gasteiger partial charge in [-0.15, -0.1) is 4.48 Å². The van der Waals surface area contributed by atoms with Gasteiger partial charge in [0.15, 0.2) is 11.9 Å². The number of ether oxygens (including phenoxy) is 2. The van der Waals surface area contributed by atoms with Gasteiger partial charge in [0.2, 0.25) is 0 Å². The summed E-state index contributed by atoms with van der Waals surface area (Å²) in [6, 6.07) is 18.7. The number of hydrogen-bond donors (Lipinski definition) is 3. The van der Waals surface area contributed by atoms with Crippen LogP contribution in [0.25, 0.3) is 11.3 Å². The third-order valence-corrected chi connectivity index (χ3v) is 14.1. The number of aromatic nitrogens is 2. The van der Waals surface area contributed by atoms with Crippen LogP contribution in [0.5, 0.6) is 0 Å². The molecule has 346 valence electrons. The van der Waals surface area contributed by atoms with Gasteiger partial charge in [0.1, 0.15) is 23.9 Å². The lowest BCUT2D eigenvalue weighted by Gasteiger charge is -2.35. The number of imidazole rings is 1. The van der Waals surface area contributed by atoms with Crippen molar-refractivity contribution in [1.82, 2.24) is 9.55 Å². The summed E-state index contributed by atoms with van der Waals surface area (Å²) in [4.78, 5) is 75.8. The van der Waals surface area contributed by atoms with Crippen LogP contribution in [0.15, 0.2) is 79.0 Å². The molecule has 0 spiro atoms. The van der Waals surface area contributed by atoms with Crippen molar-refractivity contribution in [3.05, 3.63) is 102 Å². The number of carbonyl (C=O) groups is 5. The fourth-order valence-corrected chi connectivity index (χ4v) is 10.2. The van der Waals surface area contributed by atoms with E-state index in [-0.39, 0.29) is 64.6 Å². The number of carbonyl (C=O) groups excluding carboxylic acids is 5. The van der Waals surface area contributed by atoms with Gasteiger partial charge in [-0.25, -0.2) is 33.1 Å². The molecule has 3 aliphatic heterocycles. The van der Waals surface area contributed by atoms with Gasteiger partial charge >= 0.3 is 30.0 Å². The van der Waals surface area contributed by atoms with Gasteiger partial charge in [-0.05, 0) is 79.1 Å². The van der Waals surface area contributed by atoms with Crippen LogP contribution in [0.1, 0.15) is 108 Å². The number of urea groups is 1. The first-order valence-corrected chi connectivity index (χ1v) is 22.7. The highest BCUT2D eigenvalue weighted by Gasteiger charge is 2.60. The zero-order chi connectivity index (χ0) is 47.0. The van der Waals surface area contributed by atoms with Crippen LogP contribution in [0.4, 0.5) is 30.1 Å². The molecule has 3 aromatic carbocycles. The van der Waals surface area contributed by atoms with E-state index in [1.165, 1.54) is 30.9 Å². The Morgan fingerprint density at radius 3 is 1.80 bits per heavy atom. The fraction of sp³-hybridized carbons (Fsp3) is 0.469. The van der Waals surface area contributed by atoms with Gasteiger partial charge in [0.25, 0.3) is 0 Å². The molecule has 15 nitrogen and oxygen atoms in total. The number of nitrogens with two attached hydrogens (primary N) is 2. The molecule has 0 aliphatic carbocycles. The number of benzene rings is 3. The van der Waals surface area contributed by atoms with Crippen molar-refractivity contribution >= 4 is 41.4 Å². The largest absolute Gasteiger partial charge is 0.523 e. The maximum Gasteiger partial charge on any atom is 0.523 e. The number of quaternary nitrogens is 2. The lowest BCUT2D eigenvalue weighted by Crippen LogP contribution is -2.65. The molecule has 2 unspecified atom stereocenters. The van der Waals surface area contributed by atoms with E-state index in [1.54, 1.807) is 18.3 Å². The number of imide groups is 2. The number of methoxy groups -OCH3 is 2. The maximum absolute atomic E-state index is 14.3. The van der Waals surface area contributed by atoms with Gasteiger partial charge < -0.3 is 25.8 Å². The molecule has 5 amide bonds. The number of amides is 5. The van der Waals surface area contributed by atoms with Gasteiger partial charge in [-0.2, -0.15) is 9.28 Å². The molecule has 0 saturated carbocycles. The lowest BCUT2D eigenvalue weighted by molar-refractivity contribution is -0.802. The minimum absolute atomic E-state index is 0.0954. The van der Waals surface area contributed by atoms with E-state index >= 15 is 0 Å². The molecule has 1 aromatic heterocycles. The summed E-state index contributed by atoms with van der Waals surface area (Å²) < 4.78 is 24.9. The highest BCUT2D eigenvalue weighted by molar-refractivity contribution is 5.94. The van der Waals surface area contributed by atoms with E-state index in [4.69, 9.17) is 25.9 Å². The second kappa shape index (κ2) is 19.0. The summed E-state index contributed by atoms with van der Waals surface area (Å²) in [5, 5.41) is 3.03. The molecule has 3 aliphatic rings. The zero-order valence-corrected chi connectivity index (χ0v) is 38.4. The molecule has 3 fully saturated rings. The number of anilines is 2. The molecular formula is C49H63FN8O7+2. The summed E-state index contributed by atoms with van der Waals surface area (Å²) in [5.41, 5.74) is 17.3. The Hall–Kier alpha value is -5.81. The van der Waals surface area contributed by atoms with Crippen molar-refractivity contribution in [3.8, 4) is 11.3 Å². The second-order valence-electron chi connectivity index (χ2n) is 18.5. The smallest absolute Gasteiger partial charge is 0.452 e. The molecule has 0 bridgehead atoms. The van der Waals surface area contributed by atoms with E-state index in [9.17, 15) is 28.4 Å². The minimum atomic E-state index is -0.954. The maximum atomic E-state index is 14.3. The van der Waals surface area contributed by atoms with E-state index in [1.807, 2.05) is 83.1 Å². The van der Waals surface area contributed by atoms with Gasteiger partial charge in [0, 0.05) is 48.8 Å². The monoisotopic (exact) mass is 894 g/mol. The van der Waals surface area contributed by atoms with E-state index in [0.29, 0.717) is 36.3 Å². The van der Waals surface area contributed by atoms with E-state index in [0.717, 1.165) is 42.5 Å². The average molecular weight is 895 g/mol. The molecule has 8 atom stereocenters. The summed E-state index contributed by atoms with van der Waals surface area (Å²) in [7, 11) is 2.49. The van der Waals surface area contributed by atoms with Crippen LogP contribution < -0.4 is 21.7 Å². The Balaban J connectivity index is 1.17. The van der Waals surface area contributed by atoms with Gasteiger partial charge in [-0.3, -0.25) is 5.32 Å². The molecule has 4 aromatic rings. The number of likely N-dealkylation sites (tertiary alicyclic amines) is 2. The third-order valence-electron chi connectivity index (χ3n) is 14.1. The topological polar surface area (TPSA) is 189 Å². The van der Waals surface area contributed by atoms with Gasteiger partial charge in [0.05, 0.1) is 45.1 Å². The van der Waals surface area contributed by atoms with E-state index in [2.05, 4.69) is 10.2 Å². The summed E-state index contributed by atoms with van der Waals surface area (Å²) in [6.45, 7) is 9.90. The standard InChI is InChI=1S/C49H62FN8O7/c1-29(2)42(51)45(59)57(26-8-10-31(57)5)47(61)53-36-20-16-34(17-21-36)40-25-24-39(56(40)37-22-18-35(50)19-23-37)33-14-12-32(13-15-33)38-28-55(48(62)64-6)44(54-38)41-11-9-27-58(41,49(63)65-7)46(60)43(52)30(3)4/h12-23,28-31,39-43H,8-11,24-27,51-52H2,1-7H3/q+1/p+1/t31-,39+,40+,41+,42+,43+,57?,58?/m1/s1. The van der Waals surface area contributed by atoms with Crippen molar-refractivity contribution in [2.45, 2.75) is 109 Å². The SMILES string of the molecule is COC(=O)n1cc(-c2ccc([C@@H]3CC[C@@H](c4ccc(NC(=O)[N+]5(C(=O)[C@@H](N)C(C)C)CCC[C@H]5C)cc4)N3c3ccc(F)cc3)cc2)nc1[C@@H]1CCC[N+]1(C(=O)OC)C(=O)[C@@H](N)C(C)C. The highest BCUT2D eigenvalue weighted by atomic mass is 19.1. The van der Waals surface area contributed by atoms with Crippen molar-refractivity contribution in [3.63, 3.8) is 0 Å². The van der Waals surface area contributed by atoms with Crippen molar-refractivity contribution in [2.75, 3.05) is 37.5 Å². The molecular weight excluding hydrogens is 832 g/mol. The number of rotatable bonds is 10. The molecule has 16 heteroatoms. The highest BCUT2D eigenvalue weighted by Crippen LogP contribution is 2.48. The van der Waals surface area contributed by atoms with Crippen molar-refractivity contribution in [2.24, 2.45) is 23.3 Å². The average Bonchev–Trinajstić information content (AvgIpc) is 4.13. The first-order chi connectivity index (χ1) is 31.0. The second-order valence-corrected chi connectivity index (χ2v) is 18.5. The van der Waals surface area contributed by atoms with Crippen molar-refractivity contribution < 1.29 is 46.8 Å². The normalized spacial score (nSPS) is 25.1. The number of nitrogens with one attached hydrogen (secondary N) is 1. The van der Waals surface area contributed by atoms with Crippen LogP contribution in [0, 0.1) is 17.7 Å². The van der Waals surface area contributed by atoms with Crippen LogP contribution in [-0.4, -0.2) is 94.0 Å². The summed E-state index contributed by atoms with van der Waals surface area (Å²) in [6.07, 6.45) is 4.02. The molecule has 0 radical (unpaired) electrons. The summed E-state index contributed by atoms with van der Waals surface area (Å²) >= 11 is 0. The Morgan fingerprint density at radius 1 is 0.738 bits per heavy atom. The van der Waals surface area contributed by atoms with Crippen molar-refractivity contribution in [1.29, 1.82) is 0 Å². The predicted molar refractivity (Wildman–Crippen MR) is 243 cm³/mol. The Bertz CT molecular complexity index is 2410. The Morgan fingerprint density at radius 2 is 1.28 bits per heavy atom. The first kappa shape index (κ1) is 47.2. The fourth-order valence-electron chi connectivity index (χ4n) is 10.2.